The monoisotopic (exact) mass is 244 g/mol. The molecular weight excluding hydrogens is 224 g/mol. The van der Waals surface area contributed by atoms with Crippen LogP contribution in [0.3, 0.4) is 0 Å². The number of urea groups is 1. The Morgan fingerprint density at radius 3 is 2.71 bits per heavy atom. The van der Waals surface area contributed by atoms with E-state index in [1.165, 1.54) is 0 Å². The molecule has 6 heteroatoms. The van der Waals surface area contributed by atoms with Gasteiger partial charge in [0.25, 0.3) is 0 Å². The highest BCUT2D eigenvalue weighted by Crippen LogP contribution is 2.19. The van der Waals surface area contributed by atoms with Gasteiger partial charge in [0.1, 0.15) is 0 Å². The summed E-state index contributed by atoms with van der Waals surface area (Å²) in [6.07, 6.45) is 1.27. The molecule has 1 saturated heterocycles. The van der Waals surface area contributed by atoms with E-state index in [0.29, 0.717) is 19.6 Å². The number of aliphatic carboxylic acids is 1. The molecular formula is C11H20N2O4. The average molecular weight is 244 g/mol. The maximum atomic E-state index is 11.5. The number of hydrogen-bond acceptors (Lipinski definition) is 3. The summed E-state index contributed by atoms with van der Waals surface area (Å²) in [5, 5.41) is 14.4. The molecule has 2 atom stereocenters. The summed E-state index contributed by atoms with van der Waals surface area (Å²) in [7, 11) is 0. The number of carbonyl (C=O) groups is 2. The summed E-state index contributed by atoms with van der Waals surface area (Å²) in [6.45, 7) is 4.72. The molecule has 1 heterocycles. The van der Waals surface area contributed by atoms with Crippen LogP contribution in [0.15, 0.2) is 0 Å². The van der Waals surface area contributed by atoms with Gasteiger partial charge in [0.2, 0.25) is 0 Å². The van der Waals surface area contributed by atoms with Gasteiger partial charge in [0, 0.05) is 13.2 Å². The molecule has 1 fully saturated rings. The summed E-state index contributed by atoms with van der Waals surface area (Å²) in [5.74, 6) is -0.899. The predicted molar refractivity (Wildman–Crippen MR) is 61.8 cm³/mol. The first-order chi connectivity index (χ1) is 7.98. The zero-order valence-corrected chi connectivity index (χ0v) is 10.3. The van der Waals surface area contributed by atoms with E-state index in [1.807, 2.05) is 0 Å². The minimum absolute atomic E-state index is 0.0349. The van der Waals surface area contributed by atoms with Crippen molar-refractivity contribution in [2.45, 2.75) is 32.7 Å². The fourth-order valence-electron chi connectivity index (χ4n) is 1.51. The van der Waals surface area contributed by atoms with Crippen molar-refractivity contribution in [2.24, 2.45) is 5.41 Å². The lowest BCUT2D eigenvalue weighted by molar-refractivity contribution is -0.147. The number of carboxylic acid groups (broad SMARTS) is 1. The normalized spacial score (nSPS) is 22.8. The average Bonchev–Trinajstić information content (AvgIpc) is 2.78. The van der Waals surface area contributed by atoms with Gasteiger partial charge in [-0.15, -0.1) is 0 Å². The van der Waals surface area contributed by atoms with Crippen LogP contribution in [0.1, 0.15) is 26.7 Å². The fourth-order valence-corrected chi connectivity index (χ4v) is 1.51. The number of ether oxygens (including phenoxy) is 1. The highest BCUT2D eigenvalue weighted by molar-refractivity contribution is 5.77. The lowest BCUT2D eigenvalue weighted by atomic mass is 9.88. The maximum absolute atomic E-state index is 11.5. The van der Waals surface area contributed by atoms with Crippen molar-refractivity contribution in [3.63, 3.8) is 0 Å². The Labute approximate surface area is 101 Å². The third-order valence-electron chi connectivity index (χ3n) is 3.20. The summed E-state index contributed by atoms with van der Waals surface area (Å²) < 4.78 is 5.13. The van der Waals surface area contributed by atoms with Crippen LogP contribution in [-0.4, -0.2) is 42.9 Å². The highest BCUT2D eigenvalue weighted by atomic mass is 16.5. The van der Waals surface area contributed by atoms with Crippen LogP contribution in [0.2, 0.25) is 0 Å². The fraction of sp³-hybridized carbons (Fsp3) is 0.818. The molecule has 0 aliphatic carbocycles. The topological polar surface area (TPSA) is 87.7 Å². The van der Waals surface area contributed by atoms with Crippen LogP contribution >= 0.6 is 0 Å². The molecule has 6 nitrogen and oxygen atoms in total. The summed E-state index contributed by atoms with van der Waals surface area (Å²) in [4.78, 5) is 22.5. The van der Waals surface area contributed by atoms with Crippen molar-refractivity contribution in [1.29, 1.82) is 0 Å². The molecule has 98 valence electrons. The first kappa shape index (κ1) is 13.8. The Kier molecular flexibility index (Phi) is 4.74. The second-order valence-corrected chi connectivity index (χ2v) is 4.61. The van der Waals surface area contributed by atoms with E-state index >= 15 is 0 Å². The number of carbonyl (C=O) groups excluding carboxylic acids is 1. The van der Waals surface area contributed by atoms with Crippen molar-refractivity contribution in [3.05, 3.63) is 0 Å². The van der Waals surface area contributed by atoms with E-state index in [4.69, 9.17) is 9.84 Å². The van der Waals surface area contributed by atoms with Crippen LogP contribution in [0.25, 0.3) is 0 Å². The van der Waals surface area contributed by atoms with Gasteiger partial charge in [0.05, 0.1) is 18.1 Å². The Hall–Kier alpha value is -1.30. The third-order valence-corrected chi connectivity index (χ3v) is 3.20. The molecule has 1 rings (SSSR count). The van der Waals surface area contributed by atoms with E-state index in [2.05, 4.69) is 10.6 Å². The maximum Gasteiger partial charge on any atom is 0.315 e. The molecule has 0 aromatic rings. The first-order valence-electron chi connectivity index (χ1n) is 5.83. The first-order valence-corrected chi connectivity index (χ1v) is 5.83. The van der Waals surface area contributed by atoms with Gasteiger partial charge in [0.15, 0.2) is 0 Å². The third kappa shape index (κ3) is 3.89. The van der Waals surface area contributed by atoms with Crippen molar-refractivity contribution in [1.82, 2.24) is 10.6 Å². The van der Waals surface area contributed by atoms with E-state index < -0.39 is 11.4 Å². The Balaban J connectivity index is 2.33. The molecule has 3 N–H and O–H groups in total. The summed E-state index contributed by atoms with van der Waals surface area (Å²) >= 11 is 0. The van der Waals surface area contributed by atoms with Gasteiger partial charge in [-0.3, -0.25) is 4.79 Å². The van der Waals surface area contributed by atoms with E-state index in [0.717, 1.165) is 6.42 Å². The van der Waals surface area contributed by atoms with Crippen LogP contribution in [0.4, 0.5) is 4.79 Å². The molecule has 2 amide bonds. The molecule has 1 aliphatic rings. The lowest BCUT2D eigenvalue weighted by Crippen LogP contribution is -2.47. The van der Waals surface area contributed by atoms with Crippen molar-refractivity contribution in [2.75, 3.05) is 19.8 Å². The van der Waals surface area contributed by atoms with Crippen LogP contribution in [0, 0.1) is 5.41 Å². The largest absolute Gasteiger partial charge is 0.481 e. The second-order valence-electron chi connectivity index (χ2n) is 4.61. The molecule has 0 aromatic carbocycles. The lowest BCUT2D eigenvalue weighted by Gasteiger charge is -2.23. The predicted octanol–water partition coefficient (Wildman–Crippen LogP) is 0.575. The Bertz CT molecular complexity index is 289. The SMILES string of the molecule is CCC(C)(CNC(=O)NC1CCOC1)C(=O)O. The quantitative estimate of drug-likeness (QED) is 0.660. The van der Waals surface area contributed by atoms with E-state index in [-0.39, 0.29) is 18.6 Å². The number of carboxylic acids is 1. The van der Waals surface area contributed by atoms with Gasteiger partial charge >= 0.3 is 12.0 Å². The minimum atomic E-state index is -0.913. The van der Waals surface area contributed by atoms with E-state index in [1.54, 1.807) is 13.8 Å². The van der Waals surface area contributed by atoms with Crippen LogP contribution in [0.5, 0.6) is 0 Å². The molecule has 17 heavy (non-hydrogen) atoms. The van der Waals surface area contributed by atoms with Gasteiger partial charge < -0.3 is 20.5 Å². The van der Waals surface area contributed by atoms with Crippen molar-refractivity contribution < 1.29 is 19.4 Å². The van der Waals surface area contributed by atoms with Crippen molar-refractivity contribution >= 4 is 12.0 Å². The summed E-state index contributed by atoms with van der Waals surface area (Å²) in [5.41, 5.74) is -0.913. The highest BCUT2D eigenvalue weighted by Gasteiger charge is 2.31. The second kappa shape index (κ2) is 5.86. The van der Waals surface area contributed by atoms with Gasteiger partial charge in [-0.1, -0.05) is 6.92 Å². The Morgan fingerprint density at radius 1 is 1.53 bits per heavy atom. The van der Waals surface area contributed by atoms with Gasteiger partial charge in [-0.2, -0.15) is 0 Å². The molecule has 2 unspecified atom stereocenters. The zero-order valence-electron chi connectivity index (χ0n) is 10.3. The number of hydrogen-bond donors (Lipinski definition) is 3. The molecule has 0 spiro atoms. The van der Waals surface area contributed by atoms with E-state index in [9.17, 15) is 9.59 Å². The smallest absolute Gasteiger partial charge is 0.315 e. The molecule has 0 bridgehead atoms. The van der Waals surface area contributed by atoms with Crippen molar-refractivity contribution in [3.8, 4) is 0 Å². The summed E-state index contributed by atoms with van der Waals surface area (Å²) in [6, 6.07) is -0.297. The molecule has 0 radical (unpaired) electrons. The number of nitrogens with one attached hydrogen (secondary N) is 2. The Morgan fingerprint density at radius 2 is 2.24 bits per heavy atom. The van der Waals surface area contributed by atoms with Crippen LogP contribution < -0.4 is 10.6 Å². The molecule has 0 aromatic heterocycles. The van der Waals surface area contributed by atoms with Gasteiger partial charge in [-0.25, -0.2) is 4.79 Å². The molecule has 0 saturated carbocycles. The number of rotatable bonds is 5. The zero-order chi connectivity index (χ0) is 12.9. The standard InChI is InChI=1S/C11H20N2O4/c1-3-11(2,9(14)15)7-12-10(16)13-8-4-5-17-6-8/h8H,3-7H2,1-2H3,(H,14,15)(H2,12,13,16). The minimum Gasteiger partial charge on any atom is -0.481 e. The van der Waals surface area contributed by atoms with Gasteiger partial charge in [-0.05, 0) is 19.8 Å². The van der Waals surface area contributed by atoms with Crippen LogP contribution in [-0.2, 0) is 9.53 Å². The molecule has 1 aliphatic heterocycles. The number of amides is 2.